The third-order valence-electron chi connectivity index (χ3n) is 5.32. The Morgan fingerprint density at radius 1 is 0.935 bits per heavy atom. The van der Waals surface area contributed by atoms with Crippen molar-refractivity contribution in [2.24, 2.45) is 0 Å². The Hall–Kier alpha value is -3.75. The minimum atomic E-state index is -0.736. The van der Waals surface area contributed by atoms with Crippen molar-refractivity contribution in [1.29, 1.82) is 0 Å². The number of rotatable bonds is 7. The standard InChI is InChI=1S/C22H24N6O3/c29-21(27-13-11-26(12-14-27)19-9-5-2-6-10-19)16-31-22(30)20(28-17-23-24-25-28)15-18-7-3-1-4-8-18/h1-10,17,20H,11-16H2/t20-/m0/s1. The molecule has 4 rings (SSSR count). The van der Waals surface area contributed by atoms with Gasteiger partial charge in [0.2, 0.25) is 0 Å². The van der Waals surface area contributed by atoms with Gasteiger partial charge >= 0.3 is 5.97 Å². The Labute approximate surface area is 180 Å². The molecule has 0 bridgehead atoms. The lowest BCUT2D eigenvalue weighted by atomic mass is 10.1. The van der Waals surface area contributed by atoms with Crippen molar-refractivity contribution in [3.8, 4) is 0 Å². The van der Waals surface area contributed by atoms with E-state index >= 15 is 0 Å². The highest BCUT2D eigenvalue weighted by Crippen LogP contribution is 2.17. The fourth-order valence-electron chi connectivity index (χ4n) is 3.61. The summed E-state index contributed by atoms with van der Waals surface area (Å²) in [4.78, 5) is 29.3. The molecule has 0 spiro atoms. The molecule has 31 heavy (non-hydrogen) atoms. The fraction of sp³-hybridized carbons (Fsp3) is 0.318. The van der Waals surface area contributed by atoms with E-state index in [9.17, 15) is 9.59 Å². The number of esters is 1. The van der Waals surface area contributed by atoms with E-state index in [0.717, 1.165) is 24.3 Å². The van der Waals surface area contributed by atoms with E-state index in [1.807, 2.05) is 48.5 Å². The molecule has 9 heteroatoms. The second-order valence-electron chi connectivity index (χ2n) is 7.31. The maximum Gasteiger partial charge on any atom is 0.331 e. The minimum Gasteiger partial charge on any atom is -0.454 e. The Bertz CT molecular complexity index is 973. The van der Waals surface area contributed by atoms with Gasteiger partial charge < -0.3 is 14.5 Å². The van der Waals surface area contributed by atoms with Crippen molar-refractivity contribution >= 4 is 17.6 Å². The van der Waals surface area contributed by atoms with Crippen LogP contribution in [0, 0.1) is 0 Å². The fourth-order valence-corrected chi connectivity index (χ4v) is 3.61. The Morgan fingerprint density at radius 2 is 1.61 bits per heavy atom. The third-order valence-corrected chi connectivity index (χ3v) is 5.32. The minimum absolute atomic E-state index is 0.198. The zero-order chi connectivity index (χ0) is 21.5. The number of carbonyl (C=O) groups excluding carboxylic acids is 2. The van der Waals surface area contributed by atoms with Crippen LogP contribution in [0.4, 0.5) is 5.69 Å². The summed E-state index contributed by atoms with van der Waals surface area (Å²) >= 11 is 0. The number of anilines is 1. The quantitative estimate of drug-likeness (QED) is 0.533. The topological polar surface area (TPSA) is 93.5 Å². The number of tetrazole rings is 1. The first-order valence-corrected chi connectivity index (χ1v) is 10.2. The van der Waals surface area contributed by atoms with Crippen molar-refractivity contribution < 1.29 is 14.3 Å². The molecule has 1 aromatic heterocycles. The molecule has 2 heterocycles. The molecule has 1 amide bonds. The second kappa shape index (κ2) is 9.84. The van der Waals surface area contributed by atoms with E-state index in [4.69, 9.17) is 4.74 Å². The predicted octanol–water partition coefficient (Wildman–Crippen LogP) is 1.35. The SMILES string of the molecule is O=C(OCC(=O)N1CCN(c2ccccc2)CC1)[C@H](Cc1ccccc1)n1cnnn1. The molecule has 1 saturated heterocycles. The summed E-state index contributed by atoms with van der Waals surface area (Å²) in [7, 11) is 0. The number of para-hydroxylation sites is 1. The number of carbonyl (C=O) groups is 2. The summed E-state index contributed by atoms with van der Waals surface area (Å²) in [6.07, 6.45) is 1.74. The predicted molar refractivity (Wildman–Crippen MR) is 113 cm³/mol. The van der Waals surface area contributed by atoms with E-state index in [1.165, 1.54) is 11.0 Å². The summed E-state index contributed by atoms with van der Waals surface area (Å²) in [6, 6.07) is 18.9. The third kappa shape index (κ3) is 5.25. The summed E-state index contributed by atoms with van der Waals surface area (Å²) in [5, 5.41) is 11.1. The van der Waals surface area contributed by atoms with Gasteiger partial charge in [-0.1, -0.05) is 48.5 Å². The number of hydrogen-bond donors (Lipinski definition) is 0. The van der Waals surface area contributed by atoms with Crippen LogP contribution in [0.15, 0.2) is 67.0 Å². The lowest BCUT2D eigenvalue weighted by molar-refractivity contribution is -0.155. The Balaban J connectivity index is 1.31. The van der Waals surface area contributed by atoms with Gasteiger partial charge in [0.25, 0.3) is 5.91 Å². The monoisotopic (exact) mass is 420 g/mol. The average Bonchev–Trinajstić information content (AvgIpc) is 3.37. The van der Waals surface area contributed by atoms with Gasteiger partial charge in [-0.3, -0.25) is 4.79 Å². The van der Waals surface area contributed by atoms with Crippen LogP contribution < -0.4 is 4.90 Å². The molecule has 0 saturated carbocycles. The van der Waals surface area contributed by atoms with E-state index in [0.29, 0.717) is 19.5 Å². The summed E-state index contributed by atoms with van der Waals surface area (Å²) in [5.41, 5.74) is 2.09. The summed E-state index contributed by atoms with van der Waals surface area (Å²) < 4.78 is 6.73. The number of aromatic nitrogens is 4. The number of piperazine rings is 1. The molecule has 0 aliphatic carbocycles. The van der Waals surface area contributed by atoms with Crippen molar-refractivity contribution in [2.75, 3.05) is 37.7 Å². The molecular formula is C22H24N6O3. The first kappa shape index (κ1) is 20.5. The number of hydrogen-bond acceptors (Lipinski definition) is 7. The normalized spacial score (nSPS) is 14.8. The largest absolute Gasteiger partial charge is 0.454 e. The van der Waals surface area contributed by atoms with Crippen LogP contribution >= 0.6 is 0 Å². The van der Waals surface area contributed by atoms with Gasteiger partial charge in [-0.15, -0.1) is 5.10 Å². The molecule has 1 aliphatic rings. The molecule has 2 aromatic carbocycles. The molecule has 0 unspecified atom stereocenters. The van der Waals surface area contributed by atoms with Crippen LogP contribution in [0.3, 0.4) is 0 Å². The van der Waals surface area contributed by atoms with Crippen LogP contribution in [0.1, 0.15) is 11.6 Å². The van der Waals surface area contributed by atoms with E-state index in [-0.39, 0.29) is 12.5 Å². The van der Waals surface area contributed by atoms with Crippen LogP contribution in [0.25, 0.3) is 0 Å². The Kier molecular flexibility index (Phi) is 6.51. The highest BCUT2D eigenvalue weighted by atomic mass is 16.5. The highest BCUT2D eigenvalue weighted by Gasteiger charge is 2.27. The van der Waals surface area contributed by atoms with Crippen LogP contribution in [-0.2, 0) is 20.7 Å². The molecule has 1 aliphatic heterocycles. The number of amides is 1. The zero-order valence-corrected chi connectivity index (χ0v) is 17.1. The molecule has 0 radical (unpaired) electrons. The van der Waals surface area contributed by atoms with Gasteiger partial charge in [0.15, 0.2) is 12.6 Å². The van der Waals surface area contributed by atoms with Gasteiger partial charge in [0, 0.05) is 38.3 Å². The van der Waals surface area contributed by atoms with E-state index in [2.05, 4.69) is 32.6 Å². The molecule has 1 atom stereocenters. The molecule has 0 N–H and O–H groups in total. The molecule has 9 nitrogen and oxygen atoms in total. The Morgan fingerprint density at radius 3 is 2.26 bits per heavy atom. The van der Waals surface area contributed by atoms with Crippen molar-refractivity contribution in [1.82, 2.24) is 25.1 Å². The van der Waals surface area contributed by atoms with Gasteiger partial charge in [-0.25, -0.2) is 9.48 Å². The molecular weight excluding hydrogens is 396 g/mol. The smallest absolute Gasteiger partial charge is 0.331 e. The second-order valence-corrected chi connectivity index (χ2v) is 7.31. The first-order valence-electron chi connectivity index (χ1n) is 10.2. The lowest BCUT2D eigenvalue weighted by Crippen LogP contribution is -2.50. The van der Waals surface area contributed by atoms with Crippen LogP contribution in [0.2, 0.25) is 0 Å². The van der Waals surface area contributed by atoms with Crippen molar-refractivity contribution in [3.05, 3.63) is 72.6 Å². The first-order chi connectivity index (χ1) is 15.2. The van der Waals surface area contributed by atoms with Crippen LogP contribution in [0.5, 0.6) is 0 Å². The van der Waals surface area contributed by atoms with Gasteiger partial charge in [-0.05, 0) is 28.1 Å². The average molecular weight is 420 g/mol. The number of nitrogens with zero attached hydrogens (tertiary/aromatic N) is 6. The van der Waals surface area contributed by atoms with Gasteiger partial charge in [0.1, 0.15) is 6.33 Å². The summed E-state index contributed by atoms with van der Waals surface area (Å²) in [6.45, 7) is 2.37. The maximum atomic E-state index is 12.8. The molecule has 3 aromatic rings. The molecule has 1 fully saturated rings. The lowest BCUT2D eigenvalue weighted by Gasteiger charge is -2.36. The van der Waals surface area contributed by atoms with Gasteiger partial charge in [0.05, 0.1) is 0 Å². The number of benzene rings is 2. The van der Waals surface area contributed by atoms with Crippen LogP contribution in [-0.4, -0.2) is 69.8 Å². The van der Waals surface area contributed by atoms with Crippen molar-refractivity contribution in [2.45, 2.75) is 12.5 Å². The molecule has 160 valence electrons. The number of ether oxygens (including phenoxy) is 1. The zero-order valence-electron chi connectivity index (χ0n) is 17.1. The highest BCUT2D eigenvalue weighted by molar-refractivity contribution is 5.82. The van der Waals surface area contributed by atoms with Gasteiger partial charge in [-0.2, -0.15) is 0 Å². The van der Waals surface area contributed by atoms with Crippen molar-refractivity contribution in [3.63, 3.8) is 0 Å². The van der Waals surface area contributed by atoms with E-state index < -0.39 is 12.0 Å². The maximum absolute atomic E-state index is 12.8. The summed E-state index contributed by atoms with van der Waals surface area (Å²) in [5.74, 6) is -0.733. The van der Waals surface area contributed by atoms with E-state index in [1.54, 1.807) is 4.90 Å².